The Balaban J connectivity index is 3.72. The number of nitrogens with one attached hydrogen (secondary N) is 1. The summed E-state index contributed by atoms with van der Waals surface area (Å²) >= 11 is 0. The molecule has 0 rings (SSSR count). The predicted octanol–water partition coefficient (Wildman–Crippen LogP) is 4.20. The van der Waals surface area contributed by atoms with Crippen LogP contribution in [-0.4, -0.2) is 79.6 Å². The van der Waals surface area contributed by atoms with Gasteiger partial charge in [-0.05, 0) is 6.42 Å². The van der Waals surface area contributed by atoms with Gasteiger partial charge in [0.15, 0.2) is 6.10 Å². The Morgan fingerprint density at radius 2 is 0.949 bits per heavy atom. The molecule has 0 aliphatic heterocycles. The van der Waals surface area contributed by atoms with E-state index in [4.69, 9.17) is 5.11 Å². The summed E-state index contributed by atoms with van der Waals surface area (Å²) in [5, 5.41) is 58.9. The summed E-state index contributed by atoms with van der Waals surface area (Å²) in [5.41, 5.74) is 0. The predicted molar refractivity (Wildman–Crippen MR) is 153 cm³/mol. The summed E-state index contributed by atoms with van der Waals surface area (Å²) in [6.07, 6.45) is 17.3. The zero-order chi connectivity index (χ0) is 29.3. The second-order valence-corrected chi connectivity index (χ2v) is 11.1. The van der Waals surface area contributed by atoms with Gasteiger partial charge in [0.25, 0.3) is 5.91 Å². The molecule has 0 fully saturated rings. The minimum atomic E-state index is -2.14. The van der Waals surface area contributed by atoms with E-state index >= 15 is 0 Å². The molecule has 1 amide bonds. The molecule has 0 radical (unpaired) electrons. The first-order chi connectivity index (χ1) is 18.8. The maximum atomic E-state index is 12.1. The quantitative estimate of drug-likeness (QED) is 0.0697. The van der Waals surface area contributed by atoms with Gasteiger partial charge in [-0.25, -0.2) is 4.79 Å². The molecule has 0 bridgehead atoms. The molecular formula is C30H59NO8. The van der Waals surface area contributed by atoms with Crippen LogP contribution in [0, 0.1) is 0 Å². The second kappa shape index (κ2) is 25.7. The van der Waals surface area contributed by atoms with Gasteiger partial charge in [0, 0.05) is 0 Å². The molecule has 1 unspecified atom stereocenters. The van der Waals surface area contributed by atoms with Crippen LogP contribution in [0.4, 0.5) is 0 Å². The van der Waals surface area contributed by atoms with Crippen LogP contribution in [0.5, 0.6) is 0 Å². The van der Waals surface area contributed by atoms with Crippen molar-refractivity contribution in [2.75, 3.05) is 6.61 Å². The van der Waals surface area contributed by atoms with Crippen molar-refractivity contribution in [3.63, 3.8) is 0 Å². The normalized spacial score (nSPS) is 15.4. The number of unbranched alkanes of at least 4 members (excludes halogenated alkanes) is 19. The van der Waals surface area contributed by atoms with Crippen LogP contribution in [-0.2, 0) is 9.59 Å². The molecule has 0 spiro atoms. The van der Waals surface area contributed by atoms with E-state index in [1.165, 1.54) is 103 Å². The third kappa shape index (κ3) is 20.3. The lowest BCUT2D eigenvalue weighted by Gasteiger charge is -2.26. The van der Waals surface area contributed by atoms with Crippen molar-refractivity contribution in [3.05, 3.63) is 0 Å². The largest absolute Gasteiger partial charge is 0.480 e. The fourth-order valence-electron chi connectivity index (χ4n) is 4.80. The highest BCUT2D eigenvalue weighted by Crippen LogP contribution is 2.15. The average Bonchev–Trinajstić information content (AvgIpc) is 2.93. The van der Waals surface area contributed by atoms with Crippen LogP contribution in [0.2, 0.25) is 0 Å². The molecule has 0 aliphatic carbocycles. The number of carbonyl (C=O) groups is 2. The Labute approximate surface area is 236 Å². The highest BCUT2D eigenvalue weighted by molar-refractivity contribution is 5.86. The molecule has 39 heavy (non-hydrogen) atoms. The summed E-state index contributed by atoms with van der Waals surface area (Å²) in [6.45, 7) is 1.39. The van der Waals surface area contributed by atoms with Crippen LogP contribution >= 0.6 is 0 Å². The maximum absolute atomic E-state index is 12.1. The zero-order valence-electron chi connectivity index (χ0n) is 24.4. The molecule has 9 nitrogen and oxygen atoms in total. The van der Waals surface area contributed by atoms with Crippen molar-refractivity contribution < 1.29 is 40.2 Å². The lowest BCUT2D eigenvalue weighted by Crippen LogP contribution is -2.54. The van der Waals surface area contributed by atoms with Crippen LogP contribution < -0.4 is 5.32 Å². The van der Waals surface area contributed by atoms with Crippen LogP contribution in [0.25, 0.3) is 0 Å². The van der Waals surface area contributed by atoms with Crippen molar-refractivity contribution in [1.82, 2.24) is 5.32 Å². The first kappa shape index (κ1) is 37.7. The summed E-state index contributed by atoms with van der Waals surface area (Å²) in [6, 6.07) is -1.23. The number of amides is 1. The SMILES string of the molecule is CCCCCCCCCCCCCCCCCCCCCCC(NC(=O)[C@H](O)[C@@H](O)[C@H](O)[C@H](O)CO)C(=O)O. The fraction of sp³-hybridized carbons (Fsp3) is 0.933. The third-order valence-corrected chi connectivity index (χ3v) is 7.48. The van der Waals surface area contributed by atoms with Crippen molar-refractivity contribution in [1.29, 1.82) is 0 Å². The third-order valence-electron chi connectivity index (χ3n) is 7.48. The van der Waals surface area contributed by atoms with Gasteiger partial charge < -0.3 is 36.0 Å². The fourth-order valence-corrected chi connectivity index (χ4v) is 4.80. The maximum Gasteiger partial charge on any atom is 0.326 e. The lowest BCUT2D eigenvalue weighted by atomic mass is 10.0. The Morgan fingerprint density at radius 3 is 1.28 bits per heavy atom. The van der Waals surface area contributed by atoms with Crippen molar-refractivity contribution in [2.24, 2.45) is 0 Å². The minimum Gasteiger partial charge on any atom is -0.480 e. The zero-order valence-corrected chi connectivity index (χ0v) is 24.4. The number of carbonyl (C=O) groups excluding carboxylic acids is 1. The van der Waals surface area contributed by atoms with Crippen molar-refractivity contribution in [3.8, 4) is 0 Å². The number of aliphatic carboxylic acids is 1. The summed E-state index contributed by atoms with van der Waals surface area (Å²) in [4.78, 5) is 23.6. The Hall–Kier alpha value is -1.26. The number of carboxylic acids is 1. The monoisotopic (exact) mass is 561 g/mol. The molecule has 5 atom stereocenters. The van der Waals surface area contributed by atoms with Gasteiger partial charge in [0.05, 0.1) is 6.61 Å². The first-order valence-corrected chi connectivity index (χ1v) is 15.6. The highest BCUT2D eigenvalue weighted by Gasteiger charge is 2.35. The molecule has 0 aromatic rings. The Kier molecular flexibility index (Phi) is 24.9. The van der Waals surface area contributed by atoms with E-state index in [0.29, 0.717) is 6.42 Å². The van der Waals surface area contributed by atoms with Gasteiger partial charge in [-0.2, -0.15) is 0 Å². The molecule has 232 valence electrons. The number of hydrogen-bond acceptors (Lipinski definition) is 7. The summed E-state index contributed by atoms with van der Waals surface area (Å²) in [7, 11) is 0. The van der Waals surface area contributed by atoms with Crippen LogP contribution in [0.15, 0.2) is 0 Å². The van der Waals surface area contributed by atoms with E-state index in [2.05, 4.69) is 12.2 Å². The number of carboxylic acid groups (broad SMARTS) is 1. The average molecular weight is 562 g/mol. The molecule has 9 heteroatoms. The van der Waals surface area contributed by atoms with Crippen LogP contribution in [0.1, 0.15) is 142 Å². The van der Waals surface area contributed by atoms with E-state index in [0.717, 1.165) is 19.3 Å². The minimum absolute atomic E-state index is 0.185. The number of aliphatic hydroxyl groups is 5. The molecule has 0 heterocycles. The molecule has 7 N–H and O–H groups in total. The van der Waals surface area contributed by atoms with Gasteiger partial charge in [0.2, 0.25) is 0 Å². The van der Waals surface area contributed by atoms with Gasteiger partial charge in [0.1, 0.15) is 24.4 Å². The van der Waals surface area contributed by atoms with Crippen molar-refractivity contribution in [2.45, 2.75) is 172 Å². The smallest absolute Gasteiger partial charge is 0.326 e. The van der Waals surface area contributed by atoms with E-state index < -0.39 is 48.9 Å². The second-order valence-electron chi connectivity index (χ2n) is 11.1. The number of hydrogen-bond donors (Lipinski definition) is 7. The van der Waals surface area contributed by atoms with Gasteiger partial charge in [-0.1, -0.05) is 135 Å². The standard InChI is InChI=1S/C30H59NO8/c1-2-3-4-5-6-7-8-9-10-11-12-13-14-15-16-17-18-19-20-21-22-24(30(38)39)31-29(37)28(36)27(35)26(34)25(33)23-32/h24-28,32-36H,2-23H2,1H3,(H,31,37)(H,38,39)/t24?,25-,26-,27+,28-/m1/s1. The summed E-state index contributed by atoms with van der Waals surface area (Å²) < 4.78 is 0. The Morgan fingerprint density at radius 1 is 0.590 bits per heavy atom. The number of aliphatic hydroxyl groups excluding tert-OH is 5. The van der Waals surface area contributed by atoms with Gasteiger partial charge in [-0.15, -0.1) is 0 Å². The highest BCUT2D eigenvalue weighted by atomic mass is 16.4. The molecule has 0 saturated heterocycles. The van der Waals surface area contributed by atoms with Gasteiger partial charge >= 0.3 is 5.97 Å². The van der Waals surface area contributed by atoms with Crippen LogP contribution in [0.3, 0.4) is 0 Å². The molecule has 0 aromatic carbocycles. The van der Waals surface area contributed by atoms with Gasteiger partial charge in [-0.3, -0.25) is 4.79 Å². The molecule has 0 saturated carbocycles. The Bertz CT molecular complexity index is 591. The molecule has 0 aliphatic rings. The molecule has 0 aromatic heterocycles. The van der Waals surface area contributed by atoms with Crippen molar-refractivity contribution >= 4 is 11.9 Å². The van der Waals surface area contributed by atoms with E-state index in [-0.39, 0.29) is 6.42 Å². The van der Waals surface area contributed by atoms with E-state index in [9.17, 15) is 35.1 Å². The first-order valence-electron chi connectivity index (χ1n) is 15.6. The van der Waals surface area contributed by atoms with E-state index in [1.54, 1.807) is 0 Å². The topological polar surface area (TPSA) is 168 Å². The summed E-state index contributed by atoms with van der Waals surface area (Å²) in [5.74, 6) is -2.41. The van der Waals surface area contributed by atoms with E-state index in [1.807, 2.05) is 0 Å². The molecular weight excluding hydrogens is 502 g/mol. The lowest BCUT2D eigenvalue weighted by molar-refractivity contribution is -0.153. The number of rotatable bonds is 28.